The van der Waals surface area contributed by atoms with E-state index < -0.39 is 15.7 Å². The standard InChI is InChI=1S/AsO3.2Ca/c2-1(3)4;;/q-3;;. The molecular formula is AsCa2O3-3. The summed E-state index contributed by atoms with van der Waals surface area (Å²) in [4.78, 5) is 0. The molecule has 0 rings (SSSR count). The van der Waals surface area contributed by atoms with Crippen LogP contribution in [0, 0.1) is 0 Å². The fraction of sp³-hybridized carbons (Fsp3) is 0. The van der Waals surface area contributed by atoms with E-state index in [1.807, 2.05) is 0 Å². The average molecular weight is 203 g/mol. The third kappa shape index (κ3) is 28.2. The average Bonchev–Trinajstić information content (AvgIpc) is 0.811. The minimum atomic E-state index is -3.94. The molecule has 0 bridgehead atoms. The molecule has 3 nitrogen and oxygen atoms in total. The first kappa shape index (κ1) is 16.0. The molecule has 0 atom stereocenters. The zero-order chi connectivity index (χ0) is 3.58. The Kier molecular flexibility index (Phi) is 28.9. The van der Waals surface area contributed by atoms with Crippen LogP contribution in [0.4, 0.5) is 0 Å². The Morgan fingerprint density at radius 2 is 0.833 bits per heavy atom. The quantitative estimate of drug-likeness (QED) is 0.371. The maximum atomic E-state index is 8.56. The van der Waals surface area contributed by atoms with E-state index in [0.717, 1.165) is 0 Å². The Balaban J connectivity index is -0.0000000450. The molecule has 0 fully saturated rings. The molecule has 0 amide bonds. The van der Waals surface area contributed by atoms with E-state index in [4.69, 9.17) is 12.3 Å². The molecular weight excluding hydrogens is 203 g/mol. The van der Waals surface area contributed by atoms with Gasteiger partial charge in [0.25, 0.3) is 0 Å². The van der Waals surface area contributed by atoms with E-state index in [1.54, 1.807) is 0 Å². The Morgan fingerprint density at radius 1 is 0.833 bits per heavy atom. The van der Waals surface area contributed by atoms with Crippen LogP contribution < -0.4 is 12.3 Å². The van der Waals surface area contributed by atoms with E-state index in [-0.39, 0.29) is 75.5 Å². The number of hydrogen-bond acceptors (Lipinski definition) is 3. The minimum absolute atomic E-state index is 0. The van der Waals surface area contributed by atoms with Gasteiger partial charge in [0.1, 0.15) is 0 Å². The van der Waals surface area contributed by atoms with Gasteiger partial charge >= 0.3 is 28.0 Å². The summed E-state index contributed by atoms with van der Waals surface area (Å²) in [7, 11) is 0. The second kappa shape index (κ2) is 10.9. The summed E-state index contributed by atoms with van der Waals surface area (Å²) in [5, 5.41) is 0. The Labute approximate surface area is 101 Å². The molecule has 0 spiro atoms. The first-order valence-electron chi connectivity index (χ1n) is 0.548. The van der Waals surface area contributed by atoms with Crippen LogP contribution >= 0.6 is 0 Å². The summed E-state index contributed by atoms with van der Waals surface area (Å²) in [6.07, 6.45) is 0. The fourth-order valence-electron chi connectivity index (χ4n) is 0. The van der Waals surface area contributed by atoms with Crippen LogP contribution in [-0.4, -0.2) is 91.2 Å². The first-order chi connectivity index (χ1) is 1.73. The second-order valence-corrected chi connectivity index (χ2v) is 1.16. The van der Waals surface area contributed by atoms with Crippen molar-refractivity contribution in [3.05, 3.63) is 0 Å². The van der Waals surface area contributed by atoms with E-state index in [9.17, 15) is 0 Å². The third-order valence-electron chi connectivity index (χ3n) is 0. The van der Waals surface area contributed by atoms with Gasteiger partial charge in [-0.1, -0.05) is 0 Å². The zero-order valence-corrected chi connectivity index (χ0v) is 9.38. The molecule has 6 heavy (non-hydrogen) atoms. The van der Waals surface area contributed by atoms with E-state index in [2.05, 4.69) is 0 Å². The van der Waals surface area contributed by atoms with Crippen LogP contribution in [0.15, 0.2) is 0 Å². The molecule has 0 saturated heterocycles. The van der Waals surface area contributed by atoms with Crippen LogP contribution in [0.3, 0.4) is 0 Å². The van der Waals surface area contributed by atoms with Crippen molar-refractivity contribution in [2.24, 2.45) is 0 Å². The Hall–Kier alpha value is 2.96. The van der Waals surface area contributed by atoms with Crippen molar-refractivity contribution in [1.29, 1.82) is 0 Å². The molecule has 0 saturated carbocycles. The molecule has 30 valence electrons. The Bertz CT molecular complexity index is 13.5. The Morgan fingerprint density at radius 3 is 0.833 bits per heavy atom. The third-order valence-corrected chi connectivity index (χ3v) is 0. The van der Waals surface area contributed by atoms with Gasteiger partial charge in [0.05, 0.1) is 0 Å². The van der Waals surface area contributed by atoms with Crippen molar-refractivity contribution < 1.29 is 12.3 Å². The number of hydrogen-bond donors (Lipinski definition) is 0. The van der Waals surface area contributed by atoms with Crippen molar-refractivity contribution in [2.75, 3.05) is 0 Å². The first-order valence-corrected chi connectivity index (χ1v) is 2.85. The summed E-state index contributed by atoms with van der Waals surface area (Å²) in [5.74, 6) is 0. The summed E-state index contributed by atoms with van der Waals surface area (Å²) in [6, 6.07) is 0. The van der Waals surface area contributed by atoms with Gasteiger partial charge in [-0.25, -0.2) is 0 Å². The van der Waals surface area contributed by atoms with Crippen molar-refractivity contribution in [1.82, 2.24) is 0 Å². The topological polar surface area (TPSA) is 69.2 Å². The van der Waals surface area contributed by atoms with Crippen molar-refractivity contribution in [3.63, 3.8) is 0 Å². The van der Waals surface area contributed by atoms with Crippen molar-refractivity contribution in [2.45, 2.75) is 0 Å². The predicted octanol–water partition coefficient (Wildman–Crippen LogP) is -4.71. The molecule has 0 aliphatic rings. The van der Waals surface area contributed by atoms with Crippen LogP contribution in [0.1, 0.15) is 0 Å². The van der Waals surface area contributed by atoms with Crippen molar-refractivity contribution in [3.8, 4) is 0 Å². The van der Waals surface area contributed by atoms with Gasteiger partial charge in [-0.2, -0.15) is 0 Å². The van der Waals surface area contributed by atoms with Gasteiger partial charge < -0.3 is 0 Å². The molecule has 0 aliphatic carbocycles. The molecule has 0 heterocycles. The van der Waals surface area contributed by atoms with Gasteiger partial charge in [0.15, 0.2) is 0 Å². The van der Waals surface area contributed by atoms with E-state index in [0.29, 0.717) is 0 Å². The van der Waals surface area contributed by atoms with E-state index >= 15 is 0 Å². The fourth-order valence-corrected chi connectivity index (χ4v) is 0. The second-order valence-electron chi connectivity index (χ2n) is 0.224. The summed E-state index contributed by atoms with van der Waals surface area (Å²) in [5.41, 5.74) is 0. The molecule has 0 aliphatic heterocycles. The summed E-state index contributed by atoms with van der Waals surface area (Å²) >= 11 is -3.94. The van der Waals surface area contributed by atoms with Crippen LogP contribution in [-0.2, 0) is 0 Å². The van der Waals surface area contributed by atoms with Gasteiger partial charge in [-0.3, -0.25) is 0 Å². The molecule has 0 N–H and O–H groups in total. The molecule has 0 aromatic heterocycles. The summed E-state index contributed by atoms with van der Waals surface area (Å²) < 4.78 is 25.7. The molecule has 0 aromatic carbocycles. The predicted molar refractivity (Wildman–Crippen MR) is 17.3 cm³/mol. The van der Waals surface area contributed by atoms with Gasteiger partial charge in [0.2, 0.25) is 0 Å². The normalized spacial score (nSPS) is 6.00. The van der Waals surface area contributed by atoms with Crippen LogP contribution in [0.25, 0.3) is 0 Å². The van der Waals surface area contributed by atoms with Crippen LogP contribution in [0.5, 0.6) is 0 Å². The molecule has 4 radical (unpaired) electrons. The van der Waals surface area contributed by atoms with Gasteiger partial charge in [-0.15, -0.1) is 0 Å². The zero-order valence-electron chi connectivity index (χ0n) is 3.09. The summed E-state index contributed by atoms with van der Waals surface area (Å²) in [6.45, 7) is 0. The maximum absolute atomic E-state index is 8.56. The molecule has 0 aromatic rings. The van der Waals surface area contributed by atoms with Gasteiger partial charge in [0, 0.05) is 75.5 Å². The van der Waals surface area contributed by atoms with Gasteiger partial charge in [-0.05, 0) is 0 Å². The van der Waals surface area contributed by atoms with Crippen LogP contribution in [0.2, 0.25) is 0 Å². The molecule has 6 heteroatoms. The monoisotopic (exact) mass is 203 g/mol. The van der Waals surface area contributed by atoms with E-state index in [1.165, 1.54) is 0 Å². The number of rotatable bonds is 0. The SMILES string of the molecule is [Ca].[Ca].[O-][As]([O-])[O-]. The molecule has 0 unspecified atom stereocenters. The van der Waals surface area contributed by atoms with Crippen molar-refractivity contribution >= 4 is 91.2 Å².